The summed E-state index contributed by atoms with van der Waals surface area (Å²) >= 11 is 0. The zero-order valence-electron chi connectivity index (χ0n) is 16.2. The molecule has 1 aliphatic heterocycles. The number of nitrogens with one attached hydrogen (secondary N) is 2. The van der Waals surface area contributed by atoms with Gasteiger partial charge in [0, 0.05) is 17.7 Å². The molecule has 0 aliphatic carbocycles. The SMILES string of the molecule is COc1ccccc1[C@@H](CNC(=O)CNC(=O)c1ccccc1)N1CCCC1. The van der Waals surface area contributed by atoms with Crippen molar-refractivity contribution < 1.29 is 14.3 Å². The van der Waals surface area contributed by atoms with E-state index in [2.05, 4.69) is 15.5 Å². The number of carbonyl (C=O) groups excluding carboxylic acids is 2. The first-order valence-corrected chi connectivity index (χ1v) is 9.66. The molecule has 28 heavy (non-hydrogen) atoms. The highest BCUT2D eigenvalue weighted by Crippen LogP contribution is 2.31. The van der Waals surface area contributed by atoms with E-state index in [1.54, 1.807) is 31.4 Å². The van der Waals surface area contributed by atoms with E-state index in [-0.39, 0.29) is 24.4 Å². The molecule has 1 heterocycles. The number of hydrogen-bond acceptors (Lipinski definition) is 4. The second-order valence-corrected chi connectivity index (χ2v) is 6.85. The van der Waals surface area contributed by atoms with Crippen molar-refractivity contribution in [2.75, 3.05) is 33.3 Å². The summed E-state index contributed by atoms with van der Waals surface area (Å²) in [5.41, 5.74) is 1.61. The van der Waals surface area contributed by atoms with Crippen LogP contribution in [0.2, 0.25) is 0 Å². The van der Waals surface area contributed by atoms with Gasteiger partial charge < -0.3 is 15.4 Å². The van der Waals surface area contributed by atoms with Crippen molar-refractivity contribution in [3.05, 3.63) is 65.7 Å². The van der Waals surface area contributed by atoms with Gasteiger partial charge in [-0.2, -0.15) is 0 Å². The number of amides is 2. The molecule has 2 aromatic carbocycles. The minimum Gasteiger partial charge on any atom is -0.496 e. The number of benzene rings is 2. The number of hydrogen-bond donors (Lipinski definition) is 2. The minimum absolute atomic E-state index is 0.0485. The highest BCUT2D eigenvalue weighted by molar-refractivity contribution is 5.96. The predicted molar refractivity (Wildman–Crippen MR) is 108 cm³/mol. The summed E-state index contributed by atoms with van der Waals surface area (Å²) < 4.78 is 5.52. The molecule has 0 saturated carbocycles. The summed E-state index contributed by atoms with van der Waals surface area (Å²) in [6.45, 7) is 2.43. The van der Waals surface area contributed by atoms with Crippen molar-refractivity contribution in [2.45, 2.75) is 18.9 Å². The van der Waals surface area contributed by atoms with Gasteiger partial charge in [0.1, 0.15) is 5.75 Å². The summed E-state index contributed by atoms with van der Waals surface area (Å²) in [7, 11) is 1.66. The number of ether oxygens (including phenoxy) is 1. The number of nitrogens with zero attached hydrogens (tertiary/aromatic N) is 1. The lowest BCUT2D eigenvalue weighted by Crippen LogP contribution is -2.41. The third-order valence-electron chi connectivity index (χ3n) is 5.02. The first kappa shape index (κ1) is 19.9. The molecule has 1 saturated heterocycles. The first-order chi connectivity index (χ1) is 13.7. The molecule has 1 aliphatic rings. The van der Waals surface area contributed by atoms with Gasteiger partial charge in [0.15, 0.2) is 0 Å². The summed E-state index contributed by atoms with van der Waals surface area (Å²) in [6.07, 6.45) is 2.32. The maximum atomic E-state index is 12.3. The Morgan fingerprint density at radius 2 is 1.68 bits per heavy atom. The largest absolute Gasteiger partial charge is 0.496 e. The predicted octanol–water partition coefficient (Wildman–Crippen LogP) is 2.38. The van der Waals surface area contributed by atoms with E-state index in [4.69, 9.17) is 4.74 Å². The molecule has 0 aromatic heterocycles. The van der Waals surface area contributed by atoms with Gasteiger partial charge in [-0.1, -0.05) is 36.4 Å². The molecule has 1 atom stereocenters. The lowest BCUT2D eigenvalue weighted by atomic mass is 10.0. The number of likely N-dealkylation sites (tertiary alicyclic amines) is 1. The maximum absolute atomic E-state index is 12.3. The second-order valence-electron chi connectivity index (χ2n) is 6.85. The molecule has 0 bridgehead atoms. The number of rotatable bonds is 8. The van der Waals surface area contributed by atoms with Crippen LogP contribution in [0.15, 0.2) is 54.6 Å². The number of carbonyl (C=O) groups is 2. The zero-order valence-corrected chi connectivity index (χ0v) is 16.2. The quantitative estimate of drug-likeness (QED) is 0.737. The van der Waals surface area contributed by atoms with Crippen LogP contribution in [0.5, 0.6) is 5.75 Å². The van der Waals surface area contributed by atoms with Crippen molar-refractivity contribution in [3.63, 3.8) is 0 Å². The molecule has 6 heteroatoms. The monoisotopic (exact) mass is 381 g/mol. The Balaban J connectivity index is 1.58. The van der Waals surface area contributed by atoms with Crippen molar-refractivity contribution in [1.82, 2.24) is 15.5 Å². The van der Waals surface area contributed by atoms with E-state index >= 15 is 0 Å². The van der Waals surface area contributed by atoms with Crippen LogP contribution >= 0.6 is 0 Å². The topological polar surface area (TPSA) is 70.7 Å². The third-order valence-corrected chi connectivity index (χ3v) is 5.02. The van der Waals surface area contributed by atoms with Crippen LogP contribution in [0.1, 0.15) is 34.8 Å². The molecule has 148 valence electrons. The van der Waals surface area contributed by atoms with Crippen LogP contribution in [0.4, 0.5) is 0 Å². The molecule has 3 rings (SSSR count). The molecule has 6 nitrogen and oxygen atoms in total. The molecule has 0 radical (unpaired) electrons. The minimum atomic E-state index is -0.253. The molecule has 2 aromatic rings. The Morgan fingerprint density at radius 1 is 1.00 bits per heavy atom. The molecule has 2 N–H and O–H groups in total. The fraction of sp³-hybridized carbons (Fsp3) is 0.364. The molecule has 1 fully saturated rings. The van der Waals surface area contributed by atoms with E-state index in [1.807, 2.05) is 30.3 Å². The highest BCUT2D eigenvalue weighted by atomic mass is 16.5. The average Bonchev–Trinajstić information content (AvgIpc) is 3.27. The fourth-order valence-electron chi connectivity index (χ4n) is 3.56. The van der Waals surface area contributed by atoms with Gasteiger partial charge >= 0.3 is 0 Å². The number of para-hydroxylation sites is 1. The average molecular weight is 381 g/mol. The second kappa shape index (κ2) is 9.90. The lowest BCUT2D eigenvalue weighted by Gasteiger charge is -2.29. The van der Waals surface area contributed by atoms with Crippen LogP contribution in [-0.4, -0.2) is 50.0 Å². The van der Waals surface area contributed by atoms with Crippen LogP contribution in [-0.2, 0) is 4.79 Å². The van der Waals surface area contributed by atoms with Gasteiger partial charge in [0.2, 0.25) is 5.91 Å². The standard InChI is InChI=1S/C22H27N3O3/c1-28-20-12-6-5-11-18(20)19(25-13-7-8-14-25)15-23-21(26)16-24-22(27)17-9-3-2-4-10-17/h2-6,9-12,19H,7-8,13-16H2,1H3,(H,23,26)(H,24,27)/t19-/m1/s1. The smallest absolute Gasteiger partial charge is 0.251 e. The Labute approximate surface area is 165 Å². The van der Waals surface area contributed by atoms with Crippen molar-refractivity contribution >= 4 is 11.8 Å². The highest BCUT2D eigenvalue weighted by Gasteiger charge is 2.26. The van der Waals surface area contributed by atoms with Gasteiger partial charge in [0.05, 0.1) is 19.7 Å². The molecular formula is C22H27N3O3. The molecule has 0 unspecified atom stereocenters. The van der Waals surface area contributed by atoms with E-state index in [0.29, 0.717) is 12.1 Å². The van der Waals surface area contributed by atoms with Gasteiger partial charge in [0.25, 0.3) is 5.91 Å². The summed E-state index contributed by atoms with van der Waals surface area (Å²) in [4.78, 5) is 26.8. The van der Waals surface area contributed by atoms with Crippen molar-refractivity contribution in [3.8, 4) is 5.75 Å². The Kier molecular flexibility index (Phi) is 7.03. The van der Waals surface area contributed by atoms with Crippen LogP contribution in [0, 0.1) is 0 Å². The zero-order chi connectivity index (χ0) is 19.8. The Hall–Kier alpha value is -2.86. The normalized spacial score (nSPS) is 15.0. The van der Waals surface area contributed by atoms with Gasteiger partial charge in [-0.25, -0.2) is 0 Å². The van der Waals surface area contributed by atoms with Crippen molar-refractivity contribution in [2.24, 2.45) is 0 Å². The summed E-state index contributed by atoms with van der Waals surface area (Å²) in [5, 5.41) is 5.63. The first-order valence-electron chi connectivity index (χ1n) is 9.66. The molecular weight excluding hydrogens is 354 g/mol. The van der Waals surface area contributed by atoms with E-state index in [9.17, 15) is 9.59 Å². The molecule has 0 spiro atoms. The maximum Gasteiger partial charge on any atom is 0.251 e. The van der Waals surface area contributed by atoms with Gasteiger partial charge in [-0.3, -0.25) is 14.5 Å². The Morgan fingerprint density at radius 3 is 2.39 bits per heavy atom. The molecule has 2 amide bonds. The fourth-order valence-corrected chi connectivity index (χ4v) is 3.56. The summed E-state index contributed by atoms with van der Waals surface area (Å²) in [6, 6.07) is 16.9. The summed E-state index contributed by atoms with van der Waals surface area (Å²) in [5.74, 6) is 0.367. The van der Waals surface area contributed by atoms with Crippen molar-refractivity contribution in [1.29, 1.82) is 0 Å². The van der Waals surface area contributed by atoms with E-state index in [1.165, 1.54) is 0 Å². The van der Waals surface area contributed by atoms with Crippen LogP contribution in [0.3, 0.4) is 0 Å². The number of methoxy groups -OCH3 is 1. The van der Waals surface area contributed by atoms with E-state index < -0.39 is 0 Å². The van der Waals surface area contributed by atoms with Crippen LogP contribution < -0.4 is 15.4 Å². The lowest BCUT2D eigenvalue weighted by molar-refractivity contribution is -0.120. The van der Waals surface area contributed by atoms with Crippen LogP contribution in [0.25, 0.3) is 0 Å². The van der Waals surface area contributed by atoms with Gasteiger partial charge in [-0.15, -0.1) is 0 Å². The Bertz CT molecular complexity index is 789. The van der Waals surface area contributed by atoms with E-state index in [0.717, 1.165) is 37.2 Å². The van der Waals surface area contributed by atoms with Gasteiger partial charge in [-0.05, 0) is 44.1 Å². The third kappa shape index (κ3) is 5.10.